The van der Waals surface area contributed by atoms with Gasteiger partial charge in [-0.15, -0.1) is 0 Å². The van der Waals surface area contributed by atoms with E-state index < -0.39 is 38.5 Å². The maximum absolute atomic E-state index is 13.6. The maximum atomic E-state index is 13.6. The zero-order valence-corrected chi connectivity index (χ0v) is 12.9. The summed E-state index contributed by atoms with van der Waals surface area (Å²) in [7, 11) is -2.86. The predicted octanol–water partition coefficient (Wildman–Crippen LogP) is 2.77. The highest BCUT2D eigenvalue weighted by molar-refractivity contribution is 7.89. The first-order valence-corrected chi connectivity index (χ1v) is 8.05. The summed E-state index contributed by atoms with van der Waals surface area (Å²) in [6.07, 6.45) is -0.760. The topological polar surface area (TPSA) is 55.4 Å². The molecule has 0 aliphatic rings. The van der Waals surface area contributed by atoms with E-state index in [0.29, 0.717) is 11.6 Å². The van der Waals surface area contributed by atoms with Gasteiger partial charge in [0.25, 0.3) is 0 Å². The molecule has 8 heteroatoms. The Labute approximate surface area is 132 Å². The van der Waals surface area contributed by atoms with Crippen molar-refractivity contribution in [1.82, 2.24) is 4.72 Å². The minimum Gasteiger partial charge on any atom is -0.375 e. The lowest BCUT2D eigenvalue weighted by Crippen LogP contribution is -2.30. The molecule has 124 valence electrons. The second kappa shape index (κ2) is 7.12. The molecule has 1 N–H and O–H groups in total. The molecule has 1 unspecified atom stereocenters. The Morgan fingerprint density at radius 1 is 1.09 bits per heavy atom. The Bertz CT molecular complexity index is 796. The van der Waals surface area contributed by atoms with E-state index in [1.165, 1.54) is 25.3 Å². The van der Waals surface area contributed by atoms with E-state index in [1.807, 2.05) is 0 Å². The molecule has 1 atom stereocenters. The minimum absolute atomic E-state index is 0.237. The van der Waals surface area contributed by atoms with E-state index in [1.54, 1.807) is 6.07 Å². The molecule has 0 aromatic heterocycles. The number of halogens is 3. The van der Waals surface area contributed by atoms with Crippen LogP contribution in [0, 0.1) is 17.5 Å². The Kier molecular flexibility index (Phi) is 5.40. The fraction of sp³-hybridized carbons (Fsp3) is 0.200. The van der Waals surface area contributed by atoms with Gasteiger partial charge in [0.1, 0.15) is 22.3 Å². The van der Waals surface area contributed by atoms with Crippen LogP contribution in [-0.2, 0) is 14.8 Å². The summed E-state index contributed by atoms with van der Waals surface area (Å²) < 4.78 is 71.1. The van der Waals surface area contributed by atoms with E-state index in [4.69, 9.17) is 4.74 Å². The molecule has 2 aromatic carbocycles. The van der Waals surface area contributed by atoms with Crippen LogP contribution in [0.25, 0.3) is 0 Å². The highest BCUT2D eigenvalue weighted by Crippen LogP contribution is 2.19. The van der Waals surface area contributed by atoms with Gasteiger partial charge in [-0.25, -0.2) is 26.3 Å². The van der Waals surface area contributed by atoms with Crippen molar-refractivity contribution in [3.05, 3.63) is 65.5 Å². The molecule has 0 amide bonds. The molecule has 0 radical (unpaired) electrons. The van der Waals surface area contributed by atoms with Gasteiger partial charge in [0.2, 0.25) is 10.0 Å². The van der Waals surface area contributed by atoms with Gasteiger partial charge in [0.05, 0.1) is 6.10 Å². The lowest BCUT2D eigenvalue weighted by atomic mass is 10.1. The van der Waals surface area contributed by atoms with Crippen molar-refractivity contribution in [2.75, 3.05) is 13.7 Å². The minimum atomic E-state index is -4.20. The zero-order chi connectivity index (χ0) is 17.0. The van der Waals surface area contributed by atoms with E-state index in [0.717, 1.165) is 12.1 Å². The van der Waals surface area contributed by atoms with Gasteiger partial charge in [0.15, 0.2) is 0 Å². The second-order valence-corrected chi connectivity index (χ2v) is 6.44. The third-order valence-electron chi connectivity index (χ3n) is 3.15. The van der Waals surface area contributed by atoms with Gasteiger partial charge in [-0.2, -0.15) is 0 Å². The molecule has 0 fully saturated rings. The Hall–Kier alpha value is -1.90. The standard InChI is InChI=1S/C15H14F3NO3S/c1-22-14(10-3-2-4-11(16)7-10)9-19-23(20,21)15-6-5-12(17)8-13(15)18/h2-8,14,19H,9H2,1H3. The number of ether oxygens (including phenoxy) is 1. The molecule has 0 bridgehead atoms. The van der Waals surface area contributed by atoms with Gasteiger partial charge in [-0.05, 0) is 29.8 Å². The third-order valence-corrected chi connectivity index (χ3v) is 4.60. The van der Waals surface area contributed by atoms with Gasteiger partial charge in [-0.1, -0.05) is 12.1 Å². The van der Waals surface area contributed by atoms with Crippen molar-refractivity contribution in [3.8, 4) is 0 Å². The SMILES string of the molecule is COC(CNS(=O)(=O)c1ccc(F)cc1F)c1cccc(F)c1. The maximum Gasteiger partial charge on any atom is 0.243 e. The average Bonchev–Trinajstić information content (AvgIpc) is 2.47. The fourth-order valence-electron chi connectivity index (χ4n) is 2.00. The highest BCUT2D eigenvalue weighted by atomic mass is 32.2. The summed E-state index contributed by atoms with van der Waals surface area (Å²) >= 11 is 0. The van der Waals surface area contributed by atoms with Crippen molar-refractivity contribution >= 4 is 10.0 Å². The summed E-state index contributed by atoms with van der Waals surface area (Å²) in [4.78, 5) is -0.673. The Morgan fingerprint density at radius 2 is 1.78 bits per heavy atom. The van der Waals surface area contributed by atoms with Crippen LogP contribution in [0.3, 0.4) is 0 Å². The Morgan fingerprint density at radius 3 is 2.39 bits per heavy atom. The molecule has 4 nitrogen and oxygen atoms in total. The summed E-state index contributed by atoms with van der Waals surface area (Å²) in [5.74, 6) is -2.56. The first kappa shape index (κ1) is 17.5. The smallest absolute Gasteiger partial charge is 0.243 e. The molecule has 0 saturated carbocycles. The van der Waals surface area contributed by atoms with Crippen molar-refractivity contribution in [2.24, 2.45) is 0 Å². The lowest BCUT2D eigenvalue weighted by Gasteiger charge is -2.17. The van der Waals surface area contributed by atoms with Crippen molar-refractivity contribution < 1.29 is 26.3 Å². The highest BCUT2D eigenvalue weighted by Gasteiger charge is 2.21. The number of benzene rings is 2. The third kappa shape index (κ3) is 4.31. The van der Waals surface area contributed by atoms with E-state index in [2.05, 4.69) is 4.72 Å². The average molecular weight is 345 g/mol. The fourth-order valence-corrected chi connectivity index (χ4v) is 3.09. The summed E-state index contributed by atoms with van der Waals surface area (Å²) in [5.41, 5.74) is 0.426. The van der Waals surface area contributed by atoms with Crippen LogP contribution in [0.2, 0.25) is 0 Å². The first-order chi connectivity index (χ1) is 10.8. The molecule has 2 aromatic rings. The summed E-state index contributed by atoms with van der Waals surface area (Å²) in [6, 6.07) is 7.65. The first-order valence-electron chi connectivity index (χ1n) is 6.56. The van der Waals surface area contributed by atoms with Gasteiger partial charge in [-0.3, -0.25) is 0 Å². The molecule has 0 aliphatic heterocycles. The van der Waals surface area contributed by atoms with E-state index in [9.17, 15) is 21.6 Å². The predicted molar refractivity (Wildman–Crippen MR) is 77.7 cm³/mol. The molecule has 23 heavy (non-hydrogen) atoms. The quantitative estimate of drug-likeness (QED) is 0.876. The number of methoxy groups -OCH3 is 1. The van der Waals surface area contributed by atoms with Crippen molar-refractivity contribution in [2.45, 2.75) is 11.0 Å². The van der Waals surface area contributed by atoms with Crippen LogP contribution < -0.4 is 4.72 Å². The molecule has 2 rings (SSSR count). The molecule has 0 saturated heterocycles. The van der Waals surface area contributed by atoms with Crippen LogP contribution in [-0.4, -0.2) is 22.1 Å². The molecular weight excluding hydrogens is 331 g/mol. The van der Waals surface area contributed by atoms with Crippen LogP contribution in [0.1, 0.15) is 11.7 Å². The van der Waals surface area contributed by atoms with Gasteiger partial charge >= 0.3 is 0 Å². The number of hydrogen-bond donors (Lipinski definition) is 1. The van der Waals surface area contributed by atoms with Gasteiger partial charge < -0.3 is 4.74 Å². The van der Waals surface area contributed by atoms with Crippen LogP contribution >= 0.6 is 0 Å². The number of nitrogens with one attached hydrogen (secondary N) is 1. The number of rotatable bonds is 6. The largest absolute Gasteiger partial charge is 0.375 e. The van der Waals surface area contributed by atoms with Crippen LogP contribution in [0.15, 0.2) is 47.4 Å². The number of hydrogen-bond acceptors (Lipinski definition) is 3. The molecule has 0 spiro atoms. The van der Waals surface area contributed by atoms with Crippen LogP contribution in [0.4, 0.5) is 13.2 Å². The zero-order valence-electron chi connectivity index (χ0n) is 12.1. The monoisotopic (exact) mass is 345 g/mol. The van der Waals surface area contributed by atoms with E-state index >= 15 is 0 Å². The van der Waals surface area contributed by atoms with Crippen molar-refractivity contribution in [3.63, 3.8) is 0 Å². The molecular formula is C15H14F3NO3S. The number of sulfonamides is 1. The normalized spacial score (nSPS) is 13.0. The summed E-state index contributed by atoms with van der Waals surface area (Å²) in [5, 5.41) is 0. The summed E-state index contributed by atoms with van der Waals surface area (Å²) in [6.45, 7) is -0.237. The Balaban J connectivity index is 2.17. The van der Waals surface area contributed by atoms with Gasteiger partial charge in [0, 0.05) is 19.7 Å². The molecule has 0 aliphatic carbocycles. The van der Waals surface area contributed by atoms with Crippen molar-refractivity contribution in [1.29, 1.82) is 0 Å². The van der Waals surface area contributed by atoms with E-state index in [-0.39, 0.29) is 6.54 Å². The molecule has 0 heterocycles. The second-order valence-electron chi connectivity index (χ2n) is 4.71. The van der Waals surface area contributed by atoms with Crippen LogP contribution in [0.5, 0.6) is 0 Å². The lowest BCUT2D eigenvalue weighted by molar-refractivity contribution is 0.107.